The summed E-state index contributed by atoms with van der Waals surface area (Å²) in [6, 6.07) is 0. The summed E-state index contributed by atoms with van der Waals surface area (Å²) in [7, 11) is 0. The number of hydrogen-bond donors (Lipinski definition) is 0. The Hall–Kier alpha value is -0.860. The molecule has 72 valence electrons. The van der Waals surface area contributed by atoms with E-state index >= 15 is 0 Å². The van der Waals surface area contributed by atoms with Gasteiger partial charge in [0.2, 0.25) is 5.89 Å². The average Bonchev–Trinajstić information content (AvgIpc) is 2.60. The monoisotopic (exact) mass is 180 g/mol. The van der Waals surface area contributed by atoms with E-state index < -0.39 is 0 Å². The van der Waals surface area contributed by atoms with Gasteiger partial charge < -0.3 is 4.52 Å². The minimum absolute atomic E-state index is 0.00694. The number of aromatic nitrogens is 2. The SMILES string of the molecule is CC(C)(C)c1noc(C2(C)CC2)n1. The lowest BCUT2D eigenvalue weighted by Gasteiger charge is -2.11. The number of hydrogen-bond acceptors (Lipinski definition) is 3. The Bertz CT molecular complexity index is 298. The smallest absolute Gasteiger partial charge is 0.232 e. The van der Waals surface area contributed by atoms with Gasteiger partial charge in [-0.05, 0) is 12.8 Å². The van der Waals surface area contributed by atoms with Gasteiger partial charge in [0.15, 0.2) is 5.82 Å². The van der Waals surface area contributed by atoms with E-state index in [1.807, 2.05) is 0 Å². The van der Waals surface area contributed by atoms with Crippen LogP contribution in [0.15, 0.2) is 4.52 Å². The van der Waals surface area contributed by atoms with Crippen LogP contribution in [-0.2, 0) is 10.8 Å². The molecule has 1 heterocycles. The molecule has 0 aromatic carbocycles. The molecule has 3 heteroatoms. The highest BCUT2D eigenvalue weighted by atomic mass is 16.5. The summed E-state index contributed by atoms with van der Waals surface area (Å²) in [5.74, 6) is 1.63. The van der Waals surface area contributed by atoms with E-state index in [1.165, 1.54) is 12.8 Å². The summed E-state index contributed by atoms with van der Waals surface area (Å²) < 4.78 is 5.26. The van der Waals surface area contributed by atoms with Crippen LogP contribution >= 0.6 is 0 Å². The first kappa shape index (κ1) is 8.73. The molecule has 2 rings (SSSR count). The third-order valence-corrected chi connectivity index (χ3v) is 2.61. The maximum atomic E-state index is 5.26. The Morgan fingerprint density at radius 3 is 2.31 bits per heavy atom. The molecule has 0 spiro atoms. The lowest BCUT2D eigenvalue weighted by atomic mass is 9.96. The summed E-state index contributed by atoms with van der Waals surface area (Å²) in [6.07, 6.45) is 2.36. The summed E-state index contributed by atoms with van der Waals surface area (Å²) in [4.78, 5) is 4.44. The quantitative estimate of drug-likeness (QED) is 0.666. The molecule has 0 unspecified atom stereocenters. The lowest BCUT2D eigenvalue weighted by molar-refractivity contribution is 0.342. The van der Waals surface area contributed by atoms with Crippen LogP contribution in [0.2, 0.25) is 0 Å². The van der Waals surface area contributed by atoms with Crippen molar-refractivity contribution in [3.05, 3.63) is 11.7 Å². The second kappa shape index (κ2) is 2.34. The second-order valence-electron chi connectivity index (χ2n) is 5.23. The molecule has 0 bridgehead atoms. The maximum absolute atomic E-state index is 5.26. The molecular formula is C10H16N2O. The van der Waals surface area contributed by atoms with Gasteiger partial charge in [0.1, 0.15) is 0 Å². The fourth-order valence-electron chi connectivity index (χ4n) is 1.17. The molecule has 1 aliphatic carbocycles. The molecule has 0 radical (unpaired) electrons. The predicted octanol–water partition coefficient (Wildman–Crippen LogP) is 2.42. The highest BCUT2D eigenvalue weighted by Gasteiger charge is 2.45. The van der Waals surface area contributed by atoms with Crippen molar-refractivity contribution in [2.75, 3.05) is 0 Å². The van der Waals surface area contributed by atoms with E-state index in [0.29, 0.717) is 0 Å². The zero-order valence-corrected chi connectivity index (χ0v) is 8.72. The third-order valence-electron chi connectivity index (χ3n) is 2.61. The Morgan fingerprint density at radius 1 is 1.31 bits per heavy atom. The van der Waals surface area contributed by atoms with Crippen LogP contribution in [0.5, 0.6) is 0 Å². The van der Waals surface area contributed by atoms with E-state index in [-0.39, 0.29) is 10.8 Å². The Labute approximate surface area is 78.5 Å². The van der Waals surface area contributed by atoms with Crippen LogP contribution in [0.3, 0.4) is 0 Å². The molecule has 1 saturated carbocycles. The molecule has 1 aliphatic rings. The van der Waals surface area contributed by atoms with Crippen LogP contribution in [0, 0.1) is 0 Å². The maximum Gasteiger partial charge on any atom is 0.232 e. The van der Waals surface area contributed by atoms with E-state index in [4.69, 9.17) is 4.52 Å². The highest BCUT2D eigenvalue weighted by Crippen LogP contribution is 2.46. The van der Waals surface area contributed by atoms with Crippen LogP contribution in [0.4, 0.5) is 0 Å². The molecule has 0 saturated heterocycles. The van der Waals surface area contributed by atoms with Crippen molar-refractivity contribution in [2.24, 2.45) is 0 Å². The largest absolute Gasteiger partial charge is 0.339 e. The normalized spacial score (nSPS) is 20.3. The summed E-state index contributed by atoms with van der Waals surface area (Å²) in [6.45, 7) is 8.46. The topological polar surface area (TPSA) is 38.9 Å². The summed E-state index contributed by atoms with van der Waals surface area (Å²) >= 11 is 0. The predicted molar refractivity (Wildman–Crippen MR) is 49.6 cm³/mol. The Kier molecular flexibility index (Phi) is 1.57. The van der Waals surface area contributed by atoms with Crippen LogP contribution < -0.4 is 0 Å². The van der Waals surface area contributed by atoms with E-state index in [0.717, 1.165) is 11.7 Å². The molecule has 1 fully saturated rings. The minimum Gasteiger partial charge on any atom is -0.339 e. The van der Waals surface area contributed by atoms with E-state index in [2.05, 4.69) is 37.8 Å². The van der Waals surface area contributed by atoms with Crippen LogP contribution in [0.1, 0.15) is 52.3 Å². The fraction of sp³-hybridized carbons (Fsp3) is 0.800. The first-order chi connectivity index (χ1) is 5.92. The van der Waals surface area contributed by atoms with Crippen LogP contribution in [-0.4, -0.2) is 10.1 Å². The van der Waals surface area contributed by atoms with Crippen LogP contribution in [0.25, 0.3) is 0 Å². The van der Waals surface area contributed by atoms with Crippen molar-refractivity contribution in [2.45, 2.75) is 51.4 Å². The van der Waals surface area contributed by atoms with E-state index in [9.17, 15) is 0 Å². The molecule has 0 amide bonds. The molecule has 3 nitrogen and oxygen atoms in total. The zero-order chi connectivity index (χ0) is 9.69. The van der Waals surface area contributed by atoms with Gasteiger partial charge in [-0.3, -0.25) is 0 Å². The van der Waals surface area contributed by atoms with Gasteiger partial charge in [-0.15, -0.1) is 0 Å². The molecular weight excluding hydrogens is 164 g/mol. The van der Waals surface area contributed by atoms with Crippen molar-refractivity contribution >= 4 is 0 Å². The molecule has 1 aromatic rings. The Morgan fingerprint density at radius 2 is 1.92 bits per heavy atom. The molecule has 0 atom stereocenters. The number of rotatable bonds is 1. The van der Waals surface area contributed by atoms with Gasteiger partial charge in [0.05, 0.1) is 0 Å². The van der Waals surface area contributed by atoms with Gasteiger partial charge in [0, 0.05) is 10.8 Å². The van der Waals surface area contributed by atoms with Gasteiger partial charge in [-0.25, -0.2) is 0 Å². The summed E-state index contributed by atoms with van der Waals surface area (Å²) in [5, 5.41) is 4.01. The van der Waals surface area contributed by atoms with Crippen molar-refractivity contribution in [3.63, 3.8) is 0 Å². The third kappa shape index (κ3) is 1.47. The van der Waals surface area contributed by atoms with Gasteiger partial charge in [-0.2, -0.15) is 4.98 Å². The van der Waals surface area contributed by atoms with Crippen molar-refractivity contribution in [3.8, 4) is 0 Å². The van der Waals surface area contributed by atoms with Crippen molar-refractivity contribution < 1.29 is 4.52 Å². The van der Waals surface area contributed by atoms with Gasteiger partial charge in [0.25, 0.3) is 0 Å². The van der Waals surface area contributed by atoms with Gasteiger partial charge in [-0.1, -0.05) is 32.9 Å². The van der Waals surface area contributed by atoms with Crippen molar-refractivity contribution in [1.82, 2.24) is 10.1 Å². The lowest BCUT2D eigenvalue weighted by Crippen LogP contribution is -2.13. The molecule has 1 aromatic heterocycles. The zero-order valence-electron chi connectivity index (χ0n) is 8.72. The highest BCUT2D eigenvalue weighted by molar-refractivity contribution is 5.14. The second-order valence-corrected chi connectivity index (χ2v) is 5.23. The van der Waals surface area contributed by atoms with Crippen molar-refractivity contribution in [1.29, 1.82) is 0 Å². The first-order valence-electron chi connectivity index (χ1n) is 4.76. The molecule has 0 N–H and O–H groups in total. The minimum atomic E-state index is -0.00694. The number of nitrogens with zero attached hydrogens (tertiary/aromatic N) is 2. The average molecular weight is 180 g/mol. The molecule has 13 heavy (non-hydrogen) atoms. The fourth-order valence-corrected chi connectivity index (χ4v) is 1.17. The Balaban J connectivity index is 2.29. The summed E-state index contributed by atoms with van der Waals surface area (Å²) in [5.41, 5.74) is 0.184. The van der Waals surface area contributed by atoms with E-state index in [1.54, 1.807) is 0 Å². The van der Waals surface area contributed by atoms with Gasteiger partial charge >= 0.3 is 0 Å². The standard InChI is InChI=1S/C10H16N2O/c1-9(2,3)7-11-8(13-12-7)10(4)5-6-10/h5-6H2,1-4H3. The first-order valence-corrected chi connectivity index (χ1v) is 4.76. The molecule has 0 aliphatic heterocycles.